The summed E-state index contributed by atoms with van der Waals surface area (Å²) in [5.41, 5.74) is 7.14. The quantitative estimate of drug-likeness (QED) is 0.0911. The van der Waals surface area contributed by atoms with Crippen LogP contribution in [0.5, 0.6) is 23.0 Å². The monoisotopic (exact) mass is 845 g/mol. The number of carbonyl (C=O) groups is 3. The van der Waals surface area contributed by atoms with Crippen molar-refractivity contribution in [3.05, 3.63) is 94.6 Å². The Labute approximate surface area is 365 Å². The van der Waals surface area contributed by atoms with Crippen LogP contribution in [0.1, 0.15) is 123 Å². The highest BCUT2D eigenvalue weighted by Crippen LogP contribution is 2.67. The van der Waals surface area contributed by atoms with Gasteiger partial charge in [-0.2, -0.15) is 0 Å². The van der Waals surface area contributed by atoms with Gasteiger partial charge in [-0.1, -0.05) is 76.8 Å². The molecule has 4 N–H and O–H groups in total. The van der Waals surface area contributed by atoms with E-state index in [1.165, 1.54) is 81.2 Å². The van der Waals surface area contributed by atoms with Gasteiger partial charge in [-0.3, -0.25) is 9.59 Å². The standard InChI is InChI=1S/C52H63NO9/c1-30(2)8-6-7-9-31-11-15-38-36-14-10-32-26-35(18-24-51(32,5)39(36)21-25-50(31,38)4)60-47(57)43(53)29-59-48(58)49(3)22-19-37-40(20-23-49)52(62-46(37)56)41-16-12-33(54)27-44(41)61-45-28-34(55)13-17-42(45)52/h10,12-13,16-17,19-20,22-23,27-28,30-31,35-36,38-39,43,54-55H,6-9,11,14-15,18,21,24-26,29,53H2,1-5H3. The highest BCUT2D eigenvalue weighted by molar-refractivity contribution is 5.99. The van der Waals surface area contributed by atoms with Crippen LogP contribution >= 0.6 is 0 Å². The molecule has 3 saturated carbocycles. The minimum Gasteiger partial charge on any atom is -0.508 e. The molecule has 10 heteroatoms. The maximum absolute atomic E-state index is 13.8. The van der Waals surface area contributed by atoms with Crippen molar-refractivity contribution < 1.29 is 43.5 Å². The van der Waals surface area contributed by atoms with Gasteiger partial charge in [-0.25, -0.2) is 4.79 Å². The first-order valence-electron chi connectivity index (χ1n) is 23.1. The van der Waals surface area contributed by atoms with E-state index >= 15 is 0 Å². The van der Waals surface area contributed by atoms with Crippen LogP contribution < -0.4 is 10.5 Å². The zero-order valence-corrected chi connectivity index (χ0v) is 36.9. The number of ether oxygens (including phenoxy) is 4. The Morgan fingerprint density at radius 2 is 1.61 bits per heavy atom. The molecule has 0 radical (unpaired) electrons. The third kappa shape index (κ3) is 6.99. The van der Waals surface area contributed by atoms with Gasteiger partial charge in [0.05, 0.1) is 5.57 Å². The number of hydrogen-bond acceptors (Lipinski definition) is 10. The van der Waals surface area contributed by atoms with E-state index in [4.69, 9.17) is 24.7 Å². The van der Waals surface area contributed by atoms with Crippen LogP contribution in [-0.2, 0) is 34.2 Å². The summed E-state index contributed by atoms with van der Waals surface area (Å²) in [5.74, 6) is 2.38. The van der Waals surface area contributed by atoms with Crippen molar-refractivity contribution in [3.8, 4) is 23.0 Å². The number of carbonyl (C=O) groups excluding carboxylic acids is 3. The van der Waals surface area contributed by atoms with Crippen molar-refractivity contribution in [2.45, 2.75) is 129 Å². The van der Waals surface area contributed by atoms with Gasteiger partial charge in [0.15, 0.2) is 5.60 Å². The Morgan fingerprint density at radius 3 is 2.32 bits per heavy atom. The number of fused-ring (bicyclic) bond motifs is 10. The van der Waals surface area contributed by atoms with Crippen LogP contribution in [0.15, 0.2) is 83.5 Å². The summed E-state index contributed by atoms with van der Waals surface area (Å²) < 4.78 is 24.0. The van der Waals surface area contributed by atoms with Crippen molar-refractivity contribution in [1.82, 2.24) is 0 Å². The fourth-order valence-corrected chi connectivity index (χ4v) is 12.9. The average Bonchev–Trinajstić information content (AvgIpc) is 3.63. The molecule has 9 unspecified atom stereocenters. The molecule has 2 aromatic rings. The Hall–Kier alpha value is -4.83. The SMILES string of the molecule is CC(C)CCCCC1CCC2C3CC=C4CC(OC(=O)C(N)COC(=O)C5(C)C=CC6=C(C=C5)C5(OC6=O)c6ccc(O)cc6Oc6cc(O)ccc65)CCC4(C)C3CCC12C. The third-order valence-corrected chi connectivity index (χ3v) is 16.5. The number of rotatable bonds is 10. The smallest absolute Gasteiger partial charge is 0.340 e. The fourth-order valence-electron chi connectivity index (χ4n) is 12.9. The Kier molecular flexibility index (Phi) is 10.8. The fraction of sp³-hybridized carbons (Fsp3) is 0.558. The molecule has 9 atom stereocenters. The summed E-state index contributed by atoms with van der Waals surface area (Å²) in [6, 6.07) is 7.87. The molecule has 0 bridgehead atoms. The van der Waals surface area contributed by atoms with E-state index in [1.807, 2.05) is 0 Å². The van der Waals surface area contributed by atoms with Gasteiger partial charge in [0.2, 0.25) is 0 Å². The number of phenolic OH excluding ortho intramolecular Hbond substituents is 2. The van der Waals surface area contributed by atoms with Gasteiger partial charge in [0, 0.05) is 35.3 Å². The summed E-state index contributed by atoms with van der Waals surface area (Å²) in [6.45, 7) is 11.1. The Bertz CT molecular complexity index is 2240. The number of nitrogens with two attached hydrogens (primary N) is 1. The molecule has 330 valence electrons. The van der Waals surface area contributed by atoms with Crippen molar-refractivity contribution >= 4 is 17.9 Å². The maximum atomic E-state index is 13.8. The second kappa shape index (κ2) is 15.8. The second-order valence-electron chi connectivity index (χ2n) is 20.6. The Morgan fingerprint density at radius 1 is 0.903 bits per heavy atom. The largest absolute Gasteiger partial charge is 0.508 e. The molecule has 1 spiro atoms. The number of unbranched alkanes of at least 4 members (excludes halogenated alkanes) is 1. The van der Waals surface area contributed by atoms with E-state index in [1.54, 1.807) is 43.4 Å². The number of benzene rings is 2. The van der Waals surface area contributed by atoms with Crippen molar-refractivity contribution in [2.75, 3.05) is 6.61 Å². The minimum absolute atomic E-state index is 0.0531. The number of esters is 3. The van der Waals surface area contributed by atoms with Crippen molar-refractivity contribution in [3.63, 3.8) is 0 Å². The van der Waals surface area contributed by atoms with E-state index in [-0.39, 0.29) is 46.7 Å². The molecule has 7 aliphatic rings. The first-order chi connectivity index (χ1) is 29.6. The van der Waals surface area contributed by atoms with E-state index in [0.717, 1.165) is 49.4 Å². The molecular weight excluding hydrogens is 783 g/mol. The first kappa shape index (κ1) is 42.5. The highest BCUT2D eigenvalue weighted by Gasteiger charge is 2.59. The van der Waals surface area contributed by atoms with E-state index in [9.17, 15) is 24.6 Å². The maximum Gasteiger partial charge on any atom is 0.340 e. The topological polar surface area (TPSA) is 155 Å². The number of allylic oxidation sites excluding steroid dienone is 1. The van der Waals surface area contributed by atoms with Gasteiger partial charge in [-0.05, 0) is 129 Å². The molecule has 2 aromatic carbocycles. The lowest BCUT2D eigenvalue weighted by Gasteiger charge is -2.58. The predicted molar refractivity (Wildman–Crippen MR) is 234 cm³/mol. The summed E-state index contributed by atoms with van der Waals surface area (Å²) in [7, 11) is 0. The predicted octanol–water partition coefficient (Wildman–Crippen LogP) is 10.0. The normalized spacial score (nSPS) is 32.9. The number of aromatic hydroxyl groups is 2. The lowest BCUT2D eigenvalue weighted by atomic mass is 9.47. The average molecular weight is 846 g/mol. The Balaban J connectivity index is 0.824. The van der Waals surface area contributed by atoms with Crippen LogP contribution in [0.4, 0.5) is 0 Å². The molecule has 62 heavy (non-hydrogen) atoms. The first-order valence-corrected chi connectivity index (χ1v) is 23.1. The molecule has 9 rings (SSSR count). The summed E-state index contributed by atoms with van der Waals surface area (Å²) in [4.78, 5) is 40.8. The van der Waals surface area contributed by atoms with Crippen molar-refractivity contribution in [2.24, 2.45) is 51.6 Å². The molecule has 2 heterocycles. The van der Waals surface area contributed by atoms with Crippen LogP contribution in [-0.4, -0.2) is 46.9 Å². The van der Waals surface area contributed by atoms with E-state index < -0.39 is 35.0 Å². The van der Waals surface area contributed by atoms with Gasteiger partial charge in [0.25, 0.3) is 0 Å². The molecule has 2 aliphatic heterocycles. The molecule has 10 nitrogen and oxygen atoms in total. The zero-order chi connectivity index (χ0) is 43.8. The second-order valence-corrected chi connectivity index (χ2v) is 20.6. The molecule has 0 amide bonds. The zero-order valence-electron chi connectivity index (χ0n) is 36.9. The van der Waals surface area contributed by atoms with Gasteiger partial charge in [-0.15, -0.1) is 0 Å². The van der Waals surface area contributed by atoms with Gasteiger partial charge < -0.3 is 34.9 Å². The third-order valence-electron chi connectivity index (χ3n) is 16.5. The van der Waals surface area contributed by atoms with Crippen molar-refractivity contribution in [1.29, 1.82) is 0 Å². The molecular formula is C52H63NO9. The minimum atomic E-state index is -1.49. The molecule has 0 aromatic heterocycles. The number of phenols is 2. The summed E-state index contributed by atoms with van der Waals surface area (Å²) in [5, 5.41) is 20.5. The molecule has 5 aliphatic carbocycles. The molecule has 3 fully saturated rings. The lowest BCUT2D eigenvalue weighted by molar-refractivity contribution is -0.158. The van der Waals surface area contributed by atoms with E-state index in [2.05, 4.69) is 33.8 Å². The summed E-state index contributed by atoms with van der Waals surface area (Å²) in [6.07, 6.45) is 23.1. The highest BCUT2D eigenvalue weighted by atomic mass is 16.6. The van der Waals surface area contributed by atoms with Gasteiger partial charge in [0.1, 0.15) is 47.2 Å². The lowest BCUT2D eigenvalue weighted by Crippen LogP contribution is -2.51. The van der Waals surface area contributed by atoms with Crippen LogP contribution in [0.2, 0.25) is 0 Å². The summed E-state index contributed by atoms with van der Waals surface area (Å²) >= 11 is 0. The van der Waals surface area contributed by atoms with Crippen LogP contribution in [0, 0.1) is 45.8 Å². The van der Waals surface area contributed by atoms with Crippen LogP contribution in [0.3, 0.4) is 0 Å². The van der Waals surface area contributed by atoms with Gasteiger partial charge >= 0.3 is 17.9 Å². The number of hydrogen-bond donors (Lipinski definition) is 3. The van der Waals surface area contributed by atoms with Crippen LogP contribution in [0.25, 0.3) is 0 Å². The van der Waals surface area contributed by atoms with E-state index in [0.29, 0.717) is 28.0 Å². The molecule has 0 saturated heterocycles.